The van der Waals surface area contributed by atoms with Gasteiger partial charge in [-0.1, -0.05) is 36.4 Å². The Bertz CT molecular complexity index is 1060. The molecule has 158 valence electrons. The van der Waals surface area contributed by atoms with E-state index in [1.165, 1.54) is 36.4 Å². The van der Waals surface area contributed by atoms with Gasteiger partial charge in [-0.3, -0.25) is 0 Å². The molecule has 0 aliphatic rings. The van der Waals surface area contributed by atoms with Gasteiger partial charge in [0.1, 0.15) is 0 Å². The van der Waals surface area contributed by atoms with E-state index in [1.807, 2.05) is 0 Å². The summed E-state index contributed by atoms with van der Waals surface area (Å²) < 4.78 is 86.7. The molecule has 9 heteroatoms. The molecule has 0 atom stereocenters. The maximum Gasteiger partial charge on any atom is 0.411 e. The molecule has 0 unspecified atom stereocenters. The van der Waals surface area contributed by atoms with Gasteiger partial charge < -0.3 is 17.2 Å². The molecule has 0 aliphatic heterocycles. The number of hydrogen-bond acceptors (Lipinski definition) is 3. The first-order valence-corrected chi connectivity index (χ1v) is 8.64. The highest BCUT2D eigenvalue weighted by Crippen LogP contribution is 2.58. The largest absolute Gasteiger partial charge is 0.411 e. The van der Waals surface area contributed by atoms with Crippen molar-refractivity contribution in [3.63, 3.8) is 0 Å². The van der Waals surface area contributed by atoms with Crippen molar-refractivity contribution in [1.29, 1.82) is 0 Å². The Hall–Kier alpha value is -3.36. The minimum Gasteiger partial charge on any atom is -0.399 e. The van der Waals surface area contributed by atoms with Crippen molar-refractivity contribution in [2.45, 2.75) is 17.8 Å². The van der Waals surface area contributed by atoms with E-state index < -0.39 is 34.5 Å². The van der Waals surface area contributed by atoms with E-state index in [0.29, 0.717) is 6.07 Å². The average molecular weight is 425 g/mol. The molecule has 3 nitrogen and oxygen atoms in total. The zero-order valence-corrected chi connectivity index (χ0v) is 15.4. The average Bonchev–Trinajstić information content (AvgIpc) is 2.60. The van der Waals surface area contributed by atoms with Crippen molar-refractivity contribution >= 4 is 17.1 Å². The second-order valence-corrected chi connectivity index (χ2v) is 6.77. The highest BCUT2D eigenvalue weighted by atomic mass is 19.4. The number of halogens is 6. The van der Waals surface area contributed by atoms with Crippen LogP contribution >= 0.6 is 0 Å². The van der Waals surface area contributed by atoms with E-state index in [9.17, 15) is 26.3 Å². The van der Waals surface area contributed by atoms with E-state index in [4.69, 9.17) is 17.2 Å². The molecule has 6 N–H and O–H groups in total. The minimum atomic E-state index is -5.76. The van der Waals surface area contributed by atoms with Gasteiger partial charge in [0.15, 0.2) is 0 Å². The lowest BCUT2D eigenvalue weighted by atomic mass is 9.70. The third kappa shape index (κ3) is 3.30. The Morgan fingerprint density at radius 1 is 0.600 bits per heavy atom. The van der Waals surface area contributed by atoms with Crippen LogP contribution in [0.2, 0.25) is 0 Å². The second kappa shape index (κ2) is 7.16. The van der Waals surface area contributed by atoms with Gasteiger partial charge in [-0.05, 0) is 47.0 Å². The summed E-state index contributed by atoms with van der Waals surface area (Å²) in [4.78, 5) is 0. The third-order valence-corrected chi connectivity index (χ3v) is 4.85. The van der Waals surface area contributed by atoms with E-state index in [1.54, 1.807) is 0 Å². The quantitative estimate of drug-likeness (QED) is 0.382. The van der Waals surface area contributed by atoms with Crippen molar-refractivity contribution in [3.05, 3.63) is 77.9 Å². The second-order valence-electron chi connectivity index (χ2n) is 6.77. The summed E-state index contributed by atoms with van der Waals surface area (Å²) in [6, 6.07) is 12.2. The molecule has 0 aromatic heterocycles. The predicted octanol–water partition coefficient (Wildman–Crippen LogP) is 5.51. The highest BCUT2D eigenvalue weighted by Gasteiger charge is 2.73. The molecule has 0 radical (unpaired) electrons. The first-order valence-electron chi connectivity index (χ1n) is 8.64. The molecule has 0 spiro atoms. The Morgan fingerprint density at radius 2 is 1.13 bits per heavy atom. The zero-order valence-electron chi connectivity index (χ0n) is 15.4. The van der Waals surface area contributed by atoms with E-state index in [0.717, 1.165) is 24.3 Å². The fraction of sp³-hybridized carbons (Fsp3) is 0.143. The molecule has 0 aliphatic carbocycles. The maximum atomic E-state index is 14.5. The van der Waals surface area contributed by atoms with Crippen LogP contribution in [-0.2, 0) is 5.41 Å². The zero-order chi connectivity index (χ0) is 22.3. The van der Waals surface area contributed by atoms with Crippen LogP contribution in [0.15, 0.2) is 66.7 Å². The van der Waals surface area contributed by atoms with Crippen molar-refractivity contribution in [2.75, 3.05) is 17.2 Å². The molecule has 0 fully saturated rings. The van der Waals surface area contributed by atoms with Crippen molar-refractivity contribution in [2.24, 2.45) is 0 Å². The number of rotatable bonds is 3. The fourth-order valence-electron chi connectivity index (χ4n) is 3.62. The molecule has 0 bridgehead atoms. The molecule has 0 saturated heterocycles. The maximum absolute atomic E-state index is 14.5. The number of anilines is 3. The summed E-state index contributed by atoms with van der Waals surface area (Å²) in [7, 11) is 0. The number of nitrogens with two attached hydrogens (primary N) is 3. The normalized spacial score (nSPS) is 12.7. The van der Waals surface area contributed by atoms with Gasteiger partial charge in [-0.2, -0.15) is 26.3 Å². The molecular formula is C21H17F6N3. The molecule has 3 aromatic carbocycles. The molecule has 30 heavy (non-hydrogen) atoms. The van der Waals surface area contributed by atoms with Gasteiger partial charge in [-0.15, -0.1) is 0 Å². The molecule has 0 saturated carbocycles. The van der Waals surface area contributed by atoms with Crippen LogP contribution in [0, 0.1) is 0 Å². The SMILES string of the molecule is Nc1cccc(-c2c(N)cccc2C(c2cccc(N)c2)(C(F)(F)F)C(F)(F)F)c1. The number of benzene rings is 3. The summed E-state index contributed by atoms with van der Waals surface area (Å²) in [5.74, 6) is 0. The summed E-state index contributed by atoms with van der Waals surface area (Å²) in [5.41, 5.74) is 9.97. The molecule has 0 amide bonds. The lowest BCUT2D eigenvalue weighted by Gasteiger charge is -2.39. The van der Waals surface area contributed by atoms with Crippen LogP contribution in [0.25, 0.3) is 11.1 Å². The first kappa shape index (κ1) is 21.4. The van der Waals surface area contributed by atoms with Crippen molar-refractivity contribution in [3.8, 4) is 11.1 Å². The Balaban J connectivity index is 2.53. The number of alkyl halides is 6. The van der Waals surface area contributed by atoms with Crippen molar-refractivity contribution in [1.82, 2.24) is 0 Å². The summed E-state index contributed by atoms with van der Waals surface area (Å²) in [5, 5.41) is 0. The first-order chi connectivity index (χ1) is 13.9. The Morgan fingerprint density at radius 3 is 1.67 bits per heavy atom. The van der Waals surface area contributed by atoms with Crippen LogP contribution in [0.4, 0.5) is 43.4 Å². The van der Waals surface area contributed by atoms with Gasteiger partial charge in [0.05, 0.1) is 0 Å². The van der Waals surface area contributed by atoms with Crippen LogP contribution in [0.3, 0.4) is 0 Å². The third-order valence-electron chi connectivity index (χ3n) is 4.85. The topological polar surface area (TPSA) is 78.1 Å². The van der Waals surface area contributed by atoms with E-state index >= 15 is 0 Å². The van der Waals surface area contributed by atoms with E-state index in [2.05, 4.69) is 0 Å². The van der Waals surface area contributed by atoms with Gasteiger partial charge in [0.2, 0.25) is 5.41 Å². The van der Waals surface area contributed by atoms with E-state index in [-0.39, 0.29) is 22.6 Å². The monoisotopic (exact) mass is 425 g/mol. The smallest absolute Gasteiger partial charge is 0.399 e. The lowest BCUT2D eigenvalue weighted by Crippen LogP contribution is -2.55. The summed E-state index contributed by atoms with van der Waals surface area (Å²) in [6.07, 6.45) is -11.5. The highest BCUT2D eigenvalue weighted by molar-refractivity contribution is 5.83. The molecular weight excluding hydrogens is 408 g/mol. The van der Waals surface area contributed by atoms with Crippen molar-refractivity contribution < 1.29 is 26.3 Å². The summed E-state index contributed by atoms with van der Waals surface area (Å²) in [6.45, 7) is 0. The predicted molar refractivity (Wildman–Crippen MR) is 104 cm³/mol. The lowest BCUT2D eigenvalue weighted by molar-refractivity contribution is -0.288. The van der Waals surface area contributed by atoms with Gasteiger partial charge >= 0.3 is 12.4 Å². The van der Waals surface area contributed by atoms with Crippen LogP contribution in [-0.4, -0.2) is 12.4 Å². The summed E-state index contributed by atoms with van der Waals surface area (Å²) >= 11 is 0. The Kier molecular flexibility index (Phi) is 5.09. The molecule has 3 rings (SSSR count). The van der Waals surface area contributed by atoms with Gasteiger partial charge in [0.25, 0.3) is 0 Å². The van der Waals surface area contributed by atoms with Crippen LogP contribution in [0.5, 0.6) is 0 Å². The number of hydrogen-bond donors (Lipinski definition) is 3. The standard InChI is InChI=1S/C21H17F6N3/c22-20(23,24)19(21(25,26)27,13-5-2-7-15(29)11-13)16-8-3-9-17(30)18(16)12-4-1-6-14(28)10-12/h1-11H,28-30H2. The molecule has 0 heterocycles. The Labute approximate surface area is 168 Å². The number of nitrogen functional groups attached to an aromatic ring is 3. The van der Waals surface area contributed by atoms with Crippen LogP contribution in [0.1, 0.15) is 11.1 Å². The fourth-order valence-corrected chi connectivity index (χ4v) is 3.62. The molecule has 3 aromatic rings. The van der Waals surface area contributed by atoms with Gasteiger partial charge in [-0.25, -0.2) is 0 Å². The van der Waals surface area contributed by atoms with Gasteiger partial charge in [0, 0.05) is 22.6 Å². The van der Waals surface area contributed by atoms with Crippen LogP contribution < -0.4 is 17.2 Å². The minimum absolute atomic E-state index is 0.0323.